The molecule has 0 unspecified atom stereocenters. The molecule has 7 nitrogen and oxygen atoms in total. The number of aliphatic hydroxyl groups excluding tert-OH is 1. The molecule has 0 aromatic heterocycles. The van der Waals surface area contributed by atoms with Gasteiger partial charge in [-0.1, -0.05) is 24.3 Å². The summed E-state index contributed by atoms with van der Waals surface area (Å²) < 4.78 is 11.2. The van der Waals surface area contributed by atoms with E-state index in [4.69, 9.17) is 9.47 Å². The number of anilines is 2. The Hall–Kier alpha value is -3.84. The van der Waals surface area contributed by atoms with Gasteiger partial charge in [0.15, 0.2) is 0 Å². The van der Waals surface area contributed by atoms with Crippen LogP contribution in [0.15, 0.2) is 54.6 Å². The molecule has 1 aliphatic rings. The maximum absolute atomic E-state index is 12.8. The number of benzene rings is 3. The highest BCUT2D eigenvalue weighted by atomic mass is 16.5. The van der Waals surface area contributed by atoms with Crippen molar-refractivity contribution in [3.63, 3.8) is 0 Å². The molecule has 7 heteroatoms. The molecule has 0 radical (unpaired) electrons. The van der Waals surface area contributed by atoms with Crippen molar-refractivity contribution in [3.8, 4) is 22.6 Å². The molecule has 1 aliphatic heterocycles. The Labute approximate surface area is 198 Å². The predicted octanol–water partition coefficient (Wildman–Crippen LogP) is 4.55. The maximum Gasteiger partial charge on any atom is 0.343 e. The van der Waals surface area contributed by atoms with Gasteiger partial charge in [0.1, 0.15) is 17.0 Å². The lowest BCUT2D eigenvalue weighted by atomic mass is 9.92. The Morgan fingerprint density at radius 1 is 1.09 bits per heavy atom. The van der Waals surface area contributed by atoms with Crippen molar-refractivity contribution in [2.24, 2.45) is 0 Å². The Balaban J connectivity index is 1.74. The van der Waals surface area contributed by atoms with Crippen molar-refractivity contribution in [1.29, 1.82) is 0 Å². The largest absolute Gasteiger partial charge is 0.496 e. The molecule has 4 rings (SSSR count). The molecule has 1 heterocycles. The van der Waals surface area contributed by atoms with Crippen LogP contribution in [0.4, 0.5) is 11.4 Å². The minimum atomic E-state index is -0.754. The highest BCUT2D eigenvalue weighted by Crippen LogP contribution is 2.44. The number of hydrogen-bond donors (Lipinski definition) is 2. The number of nitrogens with zero attached hydrogens (tertiary/aromatic N) is 1. The van der Waals surface area contributed by atoms with Crippen molar-refractivity contribution in [1.82, 2.24) is 0 Å². The summed E-state index contributed by atoms with van der Waals surface area (Å²) in [6, 6.07) is 16.1. The van der Waals surface area contributed by atoms with Gasteiger partial charge in [0.2, 0.25) is 0 Å². The van der Waals surface area contributed by atoms with Gasteiger partial charge in [0, 0.05) is 24.2 Å². The first kappa shape index (κ1) is 23.3. The SMILES string of the molecule is COc1cc(OC(=O)c2ccccc2C)ccc1-c1ccc2c(c1CO)N(C)C(=O)C(C)(C)N2. The van der Waals surface area contributed by atoms with Gasteiger partial charge in [-0.3, -0.25) is 4.79 Å². The second kappa shape index (κ2) is 8.83. The van der Waals surface area contributed by atoms with Crippen molar-refractivity contribution in [2.75, 3.05) is 24.4 Å². The van der Waals surface area contributed by atoms with E-state index >= 15 is 0 Å². The number of likely N-dealkylation sites (N-methyl/N-ethyl adjacent to an activating group) is 1. The number of aliphatic hydroxyl groups is 1. The van der Waals surface area contributed by atoms with Gasteiger partial charge in [0.05, 0.1) is 30.7 Å². The van der Waals surface area contributed by atoms with Crippen LogP contribution in [0, 0.1) is 6.92 Å². The molecule has 0 spiro atoms. The van der Waals surface area contributed by atoms with Crippen LogP contribution in [0.25, 0.3) is 11.1 Å². The van der Waals surface area contributed by atoms with E-state index in [9.17, 15) is 14.7 Å². The standard InChI is InChI=1S/C27H28N2O5/c1-16-8-6-7-9-18(16)25(31)34-17-10-11-20(23(14-17)33-5)19-12-13-22-24(21(19)15-30)29(4)26(32)27(2,3)28-22/h6-14,28,30H,15H2,1-5H3. The molecular formula is C27H28N2O5. The van der Waals surface area contributed by atoms with E-state index in [1.54, 1.807) is 42.3 Å². The predicted molar refractivity (Wildman–Crippen MR) is 132 cm³/mol. The van der Waals surface area contributed by atoms with E-state index in [2.05, 4.69) is 5.32 Å². The molecule has 1 amide bonds. The monoisotopic (exact) mass is 460 g/mol. The van der Waals surface area contributed by atoms with Gasteiger partial charge in [-0.25, -0.2) is 4.79 Å². The lowest BCUT2D eigenvalue weighted by Gasteiger charge is -2.39. The number of ether oxygens (including phenoxy) is 2. The van der Waals surface area contributed by atoms with Crippen LogP contribution in [-0.2, 0) is 11.4 Å². The van der Waals surface area contributed by atoms with E-state index in [1.165, 1.54) is 7.11 Å². The van der Waals surface area contributed by atoms with Crippen molar-refractivity contribution in [2.45, 2.75) is 32.9 Å². The summed E-state index contributed by atoms with van der Waals surface area (Å²) in [5, 5.41) is 13.5. The van der Waals surface area contributed by atoms with Gasteiger partial charge in [0.25, 0.3) is 5.91 Å². The zero-order valence-electron chi connectivity index (χ0n) is 19.9. The second-order valence-corrected chi connectivity index (χ2v) is 8.83. The number of methoxy groups -OCH3 is 1. The van der Waals surface area contributed by atoms with Gasteiger partial charge in [-0.05, 0) is 56.2 Å². The summed E-state index contributed by atoms with van der Waals surface area (Å²) >= 11 is 0. The minimum Gasteiger partial charge on any atom is -0.496 e. The van der Waals surface area contributed by atoms with Crippen molar-refractivity contribution >= 4 is 23.3 Å². The van der Waals surface area contributed by atoms with E-state index < -0.39 is 11.5 Å². The molecule has 0 saturated heterocycles. The molecule has 3 aromatic rings. The second-order valence-electron chi connectivity index (χ2n) is 8.83. The Bertz CT molecular complexity index is 1280. The number of esters is 1. The summed E-state index contributed by atoms with van der Waals surface area (Å²) in [6.07, 6.45) is 0. The van der Waals surface area contributed by atoms with E-state index in [0.29, 0.717) is 33.9 Å². The average molecular weight is 461 g/mol. The molecule has 0 atom stereocenters. The number of hydrogen-bond acceptors (Lipinski definition) is 6. The van der Waals surface area contributed by atoms with Gasteiger partial charge in [-0.15, -0.1) is 0 Å². The van der Waals surface area contributed by atoms with Crippen LogP contribution in [0.5, 0.6) is 11.5 Å². The van der Waals surface area contributed by atoms with Crippen LogP contribution in [0.3, 0.4) is 0 Å². The van der Waals surface area contributed by atoms with Crippen LogP contribution in [-0.4, -0.2) is 36.7 Å². The zero-order valence-corrected chi connectivity index (χ0v) is 19.9. The lowest BCUT2D eigenvalue weighted by Crippen LogP contribution is -2.52. The van der Waals surface area contributed by atoms with E-state index in [1.807, 2.05) is 45.0 Å². The third-order valence-corrected chi connectivity index (χ3v) is 6.10. The van der Waals surface area contributed by atoms with E-state index in [0.717, 1.165) is 16.8 Å². The Kier molecular flexibility index (Phi) is 6.06. The van der Waals surface area contributed by atoms with Gasteiger partial charge < -0.3 is 24.8 Å². The zero-order chi connectivity index (χ0) is 24.6. The molecule has 3 aromatic carbocycles. The third kappa shape index (κ3) is 3.99. The van der Waals surface area contributed by atoms with Crippen LogP contribution in [0.2, 0.25) is 0 Å². The quantitative estimate of drug-likeness (QED) is 0.429. The number of fused-ring (bicyclic) bond motifs is 1. The molecule has 176 valence electrons. The molecule has 0 fully saturated rings. The number of carbonyl (C=O) groups is 2. The fourth-order valence-electron chi connectivity index (χ4n) is 4.37. The van der Waals surface area contributed by atoms with Crippen LogP contribution in [0.1, 0.15) is 35.3 Å². The summed E-state index contributed by atoms with van der Waals surface area (Å²) in [5.41, 5.74) is 3.98. The van der Waals surface area contributed by atoms with Crippen LogP contribution < -0.4 is 19.7 Å². The highest BCUT2D eigenvalue weighted by Gasteiger charge is 2.38. The van der Waals surface area contributed by atoms with Gasteiger partial charge in [-0.2, -0.15) is 0 Å². The summed E-state index contributed by atoms with van der Waals surface area (Å²) in [7, 11) is 3.24. The number of aryl methyl sites for hydroxylation is 1. The van der Waals surface area contributed by atoms with Crippen molar-refractivity contribution < 1.29 is 24.2 Å². The Morgan fingerprint density at radius 3 is 2.47 bits per heavy atom. The maximum atomic E-state index is 12.8. The average Bonchev–Trinajstić information content (AvgIpc) is 2.82. The van der Waals surface area contributed by atoms with E-state index in [-0.39, 0.29) is 12.5 Å². The molecule has 0 bridgehead atoms. The summed E-state index contributed by atoms with van der Waals surface area (Å²) in [5.74, 6) is 0.264. The highest BCUT2D eigenvalue weighted by molar-refractivity contribution is 6.08. The van der Waals surface area contributed by atoms with Crippen molar-refractivity contribution in [3.05, 3.63) is 71.3 Å². The summed E-state index contributed by atoms with van der Waals surface area (Å²) in [6.45, 7) is 5.22. The third-order valence-electron chi connectivity index (χ3n) is 6.10. The van der Waals surface area contributed by atoms with Gasteiger partial charge >= 0.3 is 5.97 Å². The minimum absolute atomic E-state index is 0.0997. The number of carbonyl (C=O) groups excluding carboxylic acids is 2. The summed E-state index contributed by atoms with van der Waals surface area (Å²) in [4.78, 5) is 27.0. The fraction of sp³-hybridized carbons (Fsp3) is 0.259. The first-order valence-electron chi connectivity index (χ1n) is 11.0. The topological polar surface area (TPSA) is 88.1 Å². The number of amides is 1. The lowest BCUT2D eigenvalue weighted by molar-refractivity contribution is -0.121. The Morgan fingerprint density at radius 2 is 1.79 bits per heavy atom. The molecule has 0 aliphatic carbocycles. The van der Waals surface area contributed by atoms with Crippen LogP contribution >= 0.6 is 0 Å². The molecule has 2 N–H and O–H groups in total. The fourth-order valence-corrected chi connectivity index (χ4v) is 4.37. The first-order chi connectivity index (χ1) is 16.2. The molecule has 34 heavy (non-hydrogen) atoms. The number of nitrogens with one attached hydrogen (secondary N) is 1. The first-order valence-corrected chi connectivity index (χ1v) is 11.0. The smallest absolute Gasteiger partial charge is 0.343 e. The molecule has 0 saturated carbocycles. The molecular weight excluding hydrogens is 432 g/mol. The normalized spacial score (nSPS) is 14.3. The number of rotatable bonds is 5.